The molecule has 1 saturated heterocycles. The lowest BCUT2D eigenvalue weighted by Gasteiger charge is -2.51. The van der Waals surface area contributed by atoms with Crippen molar-refractivity contribution >= 4 is 10.8 Å². The molecule has 5 rings (SSSR count). The number of aryl methyl sites for hydroxylation is 1. The van der Waals surface area contributed by atoms with Gasteiger partial charge >= 0.3 is 0 Å². The minimum Gasteiger partial charge on any atom is -0.341 e. The molecule has 0 aromatic heterocycles. The molecule has 0 spiro atoms. The minimum atomic E-state index is -0.526. The molecule has 0 N–H and O–H groups in total. The highest BCUT2D eigenvalue weighted by Gasteiger charge is 2.51. The second kappa shape index (κ2) is 5.92. The van der Waals surface area contributed by atoms with E-state index < -0.39 is 5.72 Å². The largest absolute Gasteiger partial charge is 0.341 e. The van der Waals surface area contributed by atoms with Crippen LogP contribution >= 0.6 is 0 Å². The molecular weight excluding hydrogens is 330 g/mol. The van der Waals surface area contributed by atoms with E-state index in [-0.39, 0.29) is 5.60 Å². The second-order valence-electron chi connectivity index (χ2n) is 8.53. The maximum atomic E-state index is 7.11. The summed E-state index contributed by atoms with van der Waals surface area (Å²) in [4.78, 5) is 2.56. The third kappa shape index (κ3) is 2.40. The predicted octanol–water partition coefficient (Wildman–Crippen LogP) is 5.71. The highest BCUT2D eigenvalue weighted by Crippen LogP contribution is 2.52. The summed E-state index contributed by atoms with van der Waals surface area (Å²) in [5.74, 6) is 0. The highest BCUT2D eigenvalue weighted by molar-refractivity contribution is 5.91. The molecule has 138 valence electrons. The summed E-state index contributed by atoms with van der Waals surface area (Å²) in [5.41, 5.74) is 4.22. The molecule has 0 saturated carbocycles. The molecule has 0 radical (unpaired) electrons. The maximum absolute atomic E-state index is 7.11. The molecule has 1 fully saturated rings. The van der Waals surface area contributed by atoms with Crippen LogP contribution in [0.25, 0.3) is 10.8 Å². The molecule has 0 bridgehead atoms. The summed E-state index contributed by atoms with van der Waals surface area (Å²) in [6, 6.07) is 22.3. The summed E-state index contributed by atoms with van der Waals surface area (Å²) in [5, 5.41) is 2.67. The molecular formula is C25H27NO. The van der Waals surface area contributed by atoms with Gasteiger partial charge in [-0.05, 0) is 49.9 Å². The van der Waals surface area contributed by atoms with Crippen molar-refractivity contribution in [1.29, 1.82) is 0 Å². The van der Waals surface area contributed by atoms with Crippen molar-refractivity contribution in [3.63, 3.8) is 0 Å². The van der Waals surface area contributed by atoms with E-state index in [4.69, 9.17) is 4.74 Å². The van der Waals surface area contributed by atoms with Crippen molar-refractivity contribution in [2.24, 2.45) is 0 Å². The van der Waals surface area contributed by atoms with Gasteiger partial charge in [0.2, 0.25) is 0 Å². The van der Waals surface area contributed by atoms with Gasteiger partial charge in [0.25, 0.3) is 0 Å². The summed E-state index contributed by atoms with van der Waals surface area (Å²) in [6.07, 6.45) is 2.46. The topological polar surface area (TPSA) is 12.5 Å². The fraction of sp³-hybridized carbons (Fsp3) is 0.360. The van der Waals surface area contributed by atoms with Gasteiger partial charge in [0, 0.05) is 24.2 Å². The number of ether oxygens (including phenoxy) is 1. The Morgan fingerprint density at radius 2 is 1.44 bits per heavy atom. The van der Waals surface area contributed by atoms with Crippen LogP contribution < -0.4 is 0 Å². The van der Waals surface area contributed by atoms with Gasteiger partial charge in [-0.2, -0.15) is 0 Å². The van der Waals surface area contributed by atoms with E-state index in [9.17, 15) is 0 Å². The standard InChI is InChI=1S/C25H27NO/c1-18-12-14-20(15-13-18)25(26-16-4-5-17-26)22-11-7-9-19-8-6-10-21(23(19)22)24(2,3)27-25/h6-15H,4-5,16-17H2,1-3H3. The van der Waals surface area contributed by atoms with Crippen LogP contribution in [0.4, 0.5) is 0 Å². The van der Waals surface area contributed by atoms with Crippen molar-refractivity contribution in [3.8, 4) is 0 Å². The van der Waals surface area contributed by atoms with Gasteiger partial charge in [-0.15, -0.1) is 0 Å². The molecule has 2 aliphatic rings. The number of rotatable bonds is 2. The van der Waals surface area contributed by atoms with E-state index in [1.54, 1.807) is 0 Å². The highest BCUT2D eigenvalue weighted by atomic mass is 16.5. The van der Waals surface area contributed by atoms with Crippen molar-refractivity contribution in [3.05, 3.63) is 82.9 Å². The van der Waals surface area contributed by atoms with E-state index >= 15 is 0 Å². The SMILES string of the molecule is Cc1ccc(C2(N3CCCC3)OC(C)(C)c3cccc4cccc2c34)cc1. The van der Waals surface area contributed by atoms with Gasteiger partial charge in [0.05, 0.1) is 5.60 Å². The average molecular weight is 357 g/mol. The number of likely N-dealkylation sites (tertiary alicyclic amines) is 1. The Morgan fingerprint density at radius 1 is 0.815 bits per heavy atom. The van der Waals surface area contributed by atoms with Crippen molar-refractivity contribution in [2.45, 2.75) is 44.9 Å². The average Bonchev–Trinajstić information content (AvgIpc) is 3.20. The molecule has 0 aliphatic carbocycles. The van der Waals surface area contributed by atoms with Gasteiger partial charge in [-0.3, -0.25) is 4.90 Å². The molecule has 0 amide bonds. The van der Waals surface area contributed by atoms with Crippen molar-refractivity contribution in [2.75, 3.05) is 13.1 Å². The fourth-order valence-electron chi connectivity index (χ4n) is 5.05. The lowest BCUT2D eigenvalue weighted by atomic mass is 9.79. The number of benzene rings is 3. The third-order valence-corrected chi connectivity index (χ3v) is 6.32. The van der Waals surface area contributed by atoms with Crippen LogP contribution in [0.3, 0.4) is 0 Å². The summed E-state index contributed by atoms with van der Waals surface area (Å²) in [6.45, 7) is 8.73. The summed E-state index contributed by atoms with van der Waals surface area (Å²) in [7, 11) is 0. The summed E-state index contributed by atoms with van der Waals surface area (Å²) < 4.78 is 7.11. The first-order chi connectivity index (χ1) is 13.0. The Morgan fingerprint density at radius 3 is 2.11 bits per heavy atom. The van der Waals surface area contributed by atoms with Gasteiger partial charge in [-0.25, -0.2) is 0 Å². The smallest absolute Gasteiger partial charge is 0.175 e. The molecule has 2 nitrogen and oxygen atoms in total. The Hall–Kier alpha value is -2.16. The molecule has 1 unspecified atom stereocenters. The number of hydrogen-bond acceptors (Lipinski definition) is 2. The quantitative estimate of drug-likeness (QED) is 0.582. The first-order valence-electron chi connectivity index (χ1n) is 10.1. The van der Waals surface area contributed by atoms with Crippen LogP contribution in [-0.2, 0) is 16.1 Å². The predicted molar refractivity (Wildman–Crippen MR) is 111 cm³/mol. The van der Waals surface area contributed by atoms with Crippen LogP contribution in [0.1, 0.15) is 48.9 Å². The zero-order valence-electron chi connectivity index (χ0n) is 16.5. The molecule has 3 aromatic rings. The van der Waals surface area contributed by atoms with Crippen LogP contribution in [0.15, 0.2) is 60.7 Å². The van der Waals surface area contributed by atoms with Crippen LogP contribution in [0.2, 0.25) is 0 Å². The maximum Gasteiger partial charge on any atom is 0.175 e. The van der Waals surface area contributed by atoms with Gasteiger partial charge in [0.1, 0.15) is 0 Å². The summed E-state index contributed by atoms with van der Waals surface area (Å²) >= 11 is 0. The van der Waals surface area contributed by atoms with Gasteiger partial charge < -0.3 is 4.74 Å². The zero-order valence-corrected chi connectivity index (χ0v) is 16.5. The van der Waals surface area contributed by atoms with Gasteiger partial charge in [-0.1, -0.05) is 66.2 Å². The van der Waals surface area contributed by atoms with E-state index in [1.807, 2.05) is 0 Å². The molecule has 2 aliphatic heterocycles. The molecule has 2 heteroatoms. The zero-order chi connectivity index (χ0) is 18.6. The monoisotopic (exact) mass is 357 g/mol. The molecule has 2 heterocycles. The van der Waals surface area contributed by atoms with E-state index in [2.05, 4.69) is 86.3 Å². The first-order valence-corrected chi connectivity index (χ1v) is 10.1. The van der Waals surface area contributed by atoms with Crippen LogP contribution in [0.5, 0.6) is 0 Å². The molecule has 3 aromatic carbocycles. The van der Waals surface area contributed by atoms with Crippen LogP contribution in [-0.4, -0.2) is 18.0 Å². The van der Waals surface area contributed by atoms with E-state index in [1.165, 1.54) is 45.9 Å². The Kier molecular flexibility index (Phi) is 3.72. The number of hydrogen-bond donors (Lipinski definition) is 0. The normalized spacial score (nSPS) is 24.4. The Bertz CT molecular complexity index is 993. The third-order valence-electron chi connectivity index (χ3n) is 6.32. The van der Waals surface area contributed by atoms with Crippen molar-refractivity contribution in [1.82, 2.24) is 4.90 Å². The minimum absolute atomic E-state index is 0.360. The Labute approximate surface area is 161 Å². The van der Waals surface area contributed by atoms with Crippen LogP contribution in [0, 0.1) is 6.92 Å². The van der Waals surface area contributed by atoms with E-state index in [0.717, 1.165) is 13.1 Å². The number of nitrogens with zero attached hydrogens (tertiary/aromatic N) is 1. The first kappa shape index (κ1) is 17.0. The van der Waals surface area contributed by atoms with Gasteiger partial charge in [0.15, 0.2) is 5.72 Å². The molecule has 1 atom stereocenters. The second-order valence-corrected chi connectivity index (χ2v) is 8.53. The van der Waals surface area contributed by atoms with Crippen molar-refractivity contribution < 1.29 is 4.74 Å². The fourth-order valence-corrected chi connectivity index (χ4v) is 5.05. The lowest BCUT2D eigenvalue weighted by Crippen LogP contribution is -2.53. The Balaban J connectivity index is 1.89. The van der Waals surface area contributed by atoms with E-state index in [0.29, 0.717) is 0 Å². The lowest BCUT2D eigenvalue weighted by molar-refractivity contribution is -0.205. The molecule has 27 heavy (non-hydrogen) atoms.